The van der Waals surface area contributed by atoms with E-state index in [9.17, 15) is 14.7 Å². The molecule has 0 aromatic carbocycles. The first-order chi connectivity index (χ1) is 15.7. The summed E-state index contributed by atoms with van der Waals surface area (Å²) in [5, 5.41) is 12.9. The van der Waals surface area contributed by atoms with Crippen LogP contribution in [0.1, 0.15) is 60.3 Å². The molecule has 0 saturated carbocycles. The van der Waals surface area contributed by atoms with Gasteiger partial charge in [0.15, 0.2) is 0 Å². The van der Waals surface area contributed by atoms with Gasteiger partial charge < -0.3 is 10.4 Å². The van der Waals surface area contributed by atoms with Crippen LogP contribution in [0.5, 0.6) is 0 Å². The minimum absolute atomic E-state index is 0.0604. The van der Waals surface area contributed by atoms with Gasteiger partial charge in [0.25, 0.3) is 5.91 Å². The van der Waals surface area contributed by atoms with Gasteiger partial charge in [-0.1, -0.05) is 44.2 Å². The predicted molar refractivity (Wildman–Crippen MR) is 137 cm³/mol. The summed E-state index contributed by atoms with van der Waals surface area (Å²) < 4.78 is 0. The minimum atomic E-state index is -1.08. The Balaban J connectivity index is 0.00000265. The molecule has 2 aliphatic rings. The molecule has 2 N–H and O–H groups in total. The number of aliphatic carboxylic acids is 1. The summed E-state index contributed by atoms with van der Waals surface area (Å²) in [6, 6.07) is -0.385. The van der Waals surface area contributed by atoms with E-state index in [-0.39, 0.29) is 23.4 Å². The van der Waals surface area contributed by atoms with Crippen molar-refractivity contribution in [3.05, 3.63) is 70.1 Å². The molecule has 1 aliphatic carbocycles. The number of nitrogens with one attached hydrogen (secondary N) is 1. The summed E-state index contributed by atoms with van der Waals surface area (Å²) in [5.74, 6) is -1.07. The topological polar surface area (TPSA) is 82.0 Å². The Morgan fingerprint density at radius 3 is 2.52 bits per heavy atom. The van der Waals surface area contributed by atoms with Gasteiger partial charge in [0.2, 0.25) is 0 Å². The van der Waals surface area contributed by atoms with Crippen molar-refractivity contribution in [2.24, 2.45) is 4.99 Å². The van der Waals surface area contributed by atoms with E-state index in [0.717, 1.165) is 24.8 Å². The lowest BCUT2D eigenvalue weighted by molar-refractivity contribution is -0.132. The first kappa shape index (κ1) is 28.2. The number of hydrogen-bond donors (Lipinski definition) is 2. The molecular weight excluding hydrogens is 438 g/mol. The van der Waals surface area contributed by atoms with Gasteiger partial charge >= 0.3 is 5.97 Å². The highest BCUT2D eigenvalue weighted by Gasteiger charge is 2.26. The summed E-state index contributed by atoms with van der Waals surface area (Å²) in [7, 11) is 1.52. The molecule has 0 saturated heterocycles. The van der Waals surface area contributed by atoms with Crippen LogP contribution in [0.15, 0.2) is 75.1 Å². The average Bonchev–Trinajstić information content (AvgIpc) is 2.81. The molecular formula is C26H36ClN3O3. The van der Waals surface area contributed by atoms with E-state index in [1.165, 1.54) is 30.0 Å². The van der Waals surface area contributed by atoms with Gasteiger partial charge in [-0.15, -0.1) is 0 Å². The zero-order valence-electron chi connectivity index (χ0n) is 20.5. The van der Waals surface area contributed by atoms with Crippen molar-refractivity contribution in [2.45, 2.75) is 66.3 Å². The van der Waals surface area contributed by atoms with Crippen LogP contribution in [0.3, 0.4) is 0 Å². The molecule has 1 unspecified atom stereocenters. The van der Waals surface area contributed by atoms with Gasteiger partial charge in [0.1, 0.15) is 5.84 Å². The van der Waals surface area contributed by atoms with E-state index in [2.05, 4.69) is 23.0 Å². The van der Waals surface area contributed by atoms with Crippen LogP contribution in [-0.4, -0.2) is 40.8 Å². The average molecular weight is 474 g/mol. The molecule has 0 radical (unpaired) electrons. The molecule has 6 nitrogen and oxygen atoms in total. The van der Waals surface area contributed by atoms with Crippen LogP contribution < -0.4 is 5.32 Å². The Morgan fingerprint density at radius 2 is 2.00 bits per heavy atom. The van der Waals surface area contributed by atoms with Crippen LogP contribution in [0.4, 0.5) is 0 Å². The van der Waals surface area contributed by atoms with E-state index >= 15 is 0 Å². The van der Waals surface area contributed by atoms with E-state index in [1.54, 1.807) is 25.3 Å². The third-order valence-electron chi connectivity index (χ3n) is 5.36. The summed E-state index contributed by atoms with van der Waals surface area (Å²) in [6.45, 7) is 13.5. The Labute approximate surface area is 202 Å². The number of amidine groups is 1. The highest BCUT2D eigenvalue weighted by atomic mass is 35.5. The summed E-state index contributed by atoms with van der Waals surface area (Å²) >= 11 is 6.31. The first-order valence-electron chi connectivity index (χ1n) is 11.3. The second-order valence-corrected chi connectivity index (χ2v) is 7.95. The maximum absolute atomic E-state index is 13.0. The van der Waals surface area contributed by atoms with Crippen molar-refractivity contribution in [3.63, 3.8) is 0 Å². The number of aliphatic imine (C=N–C) groups is 1. The lowest BCUT2D eigenvalue weighted by Crippen LogP contribution is -2.40. The quantitative estimate of drug-likeness (QED) is 0.287. The maximum Gasteiger partial charge on any atom is 0.339 e. The van der Waals surface area contributed by atoms with E-state index in [4.69, 9.17) is 11.6 Å². The summed E-state index contributed by atoms with van der Waals surface area (Å²) in [4.78, 5) is 30.0. The van der Waals surface area contributed by atoms with E-state index < -0.39 is 5.97 Å². The minimum Gasteiger partial charge on any atom is -0.478 e. The second kappa shape index (κ2) is 13.6. The fraction of sp³-hybridized carbons (Fsp3) is 0.423. The van der Waals surface area contributed by atoms with Gasteiger partial charge in [-0.2, -0.15) is 0 Å². The standard InChI is InChI=1S/C24H30ClN3O3.C2H6/c1-6-20(24(30)31)23(26-5)27-16(3)21-13-19(25)14-28(17(21)4)22(29)12-15(2)18-10-8-7-9-11-18;1-2/h6,10,12-14,16H,4,7-9,11H2,1-3,5H3,(H,26,27)(H,30,31);1-2H3/b15-12+,20-6+;. The molecule has 0 bridgehead atoms. The Bertz CT molecular complexity index is 952. The van der Waals surface area contributed by atoms with Crippen LogP contribution in [0.25, 0.3) is 0 Å². The number of carboxylic acids is 1. The van der Waals surface area contributed by atoms with Crippen molar-refractivity contribution in [1.82, 2.24) is 10.2 Å². The Hall–Kier alpha value is -2.86. The third kappa shape index (κ3) is 7.60. The van der Waals surface area contributed by atoms with E-state index in [1.807, 2.05) is 27.7 Å². The molecule has 1 heterocycles. The van der Waals surface area contributed by atoms with Crippen molar-refractivity contribution < 1.29 is 14.7 Å². The SMILES string of the molecule is C=C1C(C(C)NC(=NC)/C(=C\C)C(=O)O)=CC(Cl)=CN1C(=O)/C=C(\C)C1=CCCCC1.CC. The predicted octanol–water partition coefficient (Wildman–Crippen LogP) is 5.86. The molecule has 1 amide bonds. The number of allylic oxidation sites excluding steroid dienone is 6. The van der Waals surface area contributed by atoms with Gasteiger partial charge in [-0.05, 0) is 69.2 Å². The number of rotatable bonds is 6. The highest BCUT2D eigenvalue weighted by Crippen LogP contribution is 2.29. The molecule has 0 spiro atoms. The number of nitrogens with zero attached hydrogens (tertiary/aromatic N) is 2. The number of amides is 1. The van der Waals surface area contributed by atoms with Crippen molar-refractivity contribution in [1.29, 1.82) is 0 Å². The van der Waals surface area contributed by atoms with E-state index in [0.29, 0.717) is 16.3 Å². The normalized spacial score (nSPS) is 18.4. The summed E-state index contributed by atoms with van der Waals surface area (Å²) in [6.07, 6.45) is 12.9. The third-order valence-corrected chi connectivity index (χ3v) is 5.57. The summed E-state index contributed by atoms with van der Waals surface area (Å²) in [5.41, 5.74) is 3.36. The van der Waals surface area contributed by atoms with Gasteiger partial charge in [0, 0.05) is 25.0 Å². The van der Waals surface area contributed by atoms with Crippen molar-refractivity contribution in [2.75, 3.05) is 7.05 Å². The van der Waals surface area contributed by atoms with Crippen molar-refractivity contribution in [3.8, 4) is 0 Å². The number of carbonyl (C=O) groups excluding carboxylic acids is 1. The maximum atomic E-state index is 13.0. The molecule has 1 aliphatic heterocycles. The zero-order chi connectivity index (χ0) is 25.1. The number of carbonyl (C=O) groups is 2. The zero-order valence-corrected chi connectivity index (χ0v) is 21.3. The molecule has 0 aromatic rings. The number of hydrogen-bond acceptors (Lipinski definition) is 3. The fourth-order valence-corrected chi connectivity index (χ4v) is 3.85. The lowest BCUT2D eigenvalue weighted by atomic mass is 9.94. The molecule has 7 heteroatoms. The number of carboxylic acid groups (broad SMARTS) is 1. The lowest BCUT2D eigenvalue weighted by Gasteiger charge is -2.30. The molecule has 2 rings (SSSR count). The number of halogens is 1. The van der Waals surface area contributed by atoms with Crippen LogP contribution in [0, 0.1) is 0 Å². The molecule has 0 aromatic heterocycles. The van der Waals surface area contributed by atoms with Crippen molar-refractivity contribution >= 4 is 29.3 Å². The molecule has 1 atom stereocenters. The van der Waals surface area contributed by atoms with Crippen LogP contribution in [0.2, 0.25) is 0 Å². The molecule has 0 fully saturated rings. The molecule has 180 valence electrons. The van der Waals surface area contributed by atoms with Crippen LogP contribution >= 0.6 is 11.6 Å². The van der Waals surface area contributed by atoms with Gasteiger partial charge in [-0.25, -0.2) is 4.79 Å². The fourth-order valence-electron chi connectivity index (χ4n) is 3.63. The van der Waals surface area contributed by atoms with Gasteiger partial charge in [0.05, 0.1) is 16.6 Å². The first-order valence-corrected chi connectivity index (χ1v) is 11.7. The monoisotopic (exact) mass is 473 g/mol. The highest BCUT2D eigenvalue weighted by molar-refractivity contribution is 6.31. The Morgan fingerprint density at radius 1 is 1.33 bits per heavy atom. The Kier molecular flexibility index (Phi) is 11.6. The van der Waals surface area contributed by atoms with Gasteiger partial charge in [-0.3, -0.25) is 14.7 Å². The largest absolute Gasteiger partial charge is 0.478 e. The second-order valence-electron chi connectivity index (χ2n) is 7.52. The smallest absolute Gasteiger partial charge is 0.339 e. The van der Waals surface area contributed by atoms with Crippen LogP contribution in [-0.2, 0) is 9.59 Å². The molecule has 33 heavy (non-hydrogen) atoms.